The molecule has 1 aliphatic rings. The number of allylic oxidation sites excluding steroid dienone is 2. The van der Waals surface area contributed by atoms with Crippen molar-refractivity contribution in [1.29, 1.82) is 0 Å². The number of fused-ring (bicyclic) bond motifs is 1. The second-order valence-electron chi connectivity index (χ2n) is 7.02. The summed E-state index contributed by atoms with van der Waals surface area (Å²) in [6, 6.07) is 13.2. The highest BCUT2D eigenvalue weighted by Crippen LogP contribution is 2.33. The van der Waals surface area contributed by atoms with Gasteiger partial charge in [-0.05, 0) is 66.6 Å². The maximum Gasteiger partial charge on any atom is 0.0389 e. The van der Waals surface area contributed by atoms with Crippen LogP contribution in [0.3, 0.4) is 0 Å². The summed E-state index contributed by atoms with van der Waals surface area (Å²) >= 11 is 0. The molecule has 130 valence electrons. The summed E-state index contributed by atoms with van der Waals surface area (Å²) in [6.07, 6.45) is 9.98. The topological polar surface area (TPSA) is 15.6 Å². The minimum atomic E-state index is 0.907. The second kappa shape index (κ2) is 8.26. The predicted octanol–water partition coefficient (Wildman–Crippen LogP) is 5.33. The fourth-order valence-corrected chi connectivity index (χ4v) is 3.36. The molecule has 0 amide bonds. The van der Waals surface area contributed by atoms with Crippen LogP contribution in [0, 0.1) is 0 Å². The Balaban J connectivity index is 2.06. The van der Waals surface area contributed by atoms with Crippen LogP contribution in [0.15, 0.2) is 59.1 Å². The van der Waals surface area contributed by atoms with Crippen LogP contribution in [-0.4, -0.2) is 38.3 Å². The summed E-state index contributed by atoms with van der Waals surface area (Å²) in [4.78, 5) is 6.91. The number of likely N-dealkylation sites (N-methyl/N-ethyl adjacent to an activating group) is 1. The van der Waals surface area contributed by atoms with Crippen LogP contribution in [0.1, 0.15) is 37.3 Å². The molecule has 0 radical (unpaired) electrons. The average Bonchev–Trinajstić information content (AvgIpc) is 3.05. The van der Waals surface area contributed by atoms with Crippen LogP contribution in [0.25, 0.3) is 16.3 Å². The smallest absolute Gasteiger partial charge is 0.0389 e. The molecule has 1 aliphatic carbocycles. The summed E-state index contributed by atoms with van der Waals surface area (Å²) < 4.78 is 0. The van der Waals surface area contributed by atoms with E-state index in [1.807, 2.05) is 0 Å². The molecule has 0 aliphatic heterocycles. The Labute approximate surface area is 151 Å². The number of aliphatic imine (C=N–C) groups is 1. The van der Waals surface area contributed by atoms with Crippen LogP contribution in [0.2, 0.25) is 0 Å². The van der Waals surface area contributed by atoms with Gasteiger partial charge >= 0.3 is 0 Å². The first-order valence-electron chi connectivity index (χ1n) is 9.25. The fourth-order valence-electron chi connectivity index (χ4n) is 3.36. The van der Waals surface area contributed by atoms with Gasteiger partial charge in [-0.1, -0.05) is 49.8 Å². The highest BCUT2D eigenvalue weighted by molar-refractivity contribution is 5.98. The fraction of sp³-hybridized carbons (Fsp3) is 0.348. The van der Waals surface area contributed by atoms with Crippen molar-refractivity contribution in [2.75, 3.05) is 27.2 Å². The Bertz CT molecular complexity index is 825. The lowest BCUT2D eigenvalue weighted by Crippen LogP contribution is -2.14. The van der Waals surface area contributed by atoms with Crippen LogP contribution < -0.4 is 0 Å². The standard InChI is InChI=1S/C23H28N2/c1-4-5-13-24-16-21-14-18-9-6-7-10-19(18)15-23(21)22-12-8-11-20(22)17-25(2)3/h6-11,14-16H,4-5,12-13,17H2,1-3H3. The van der Waals surface area contributed by atoms with E-state index in [2.05, 4.69) is 85.7 Å². The number of nitrogens with zero attached hydrogens (tertiary/aromatic N) is 2. The van der Waals surface area contributed by atoms with Crippen molar-refractivity contribution in [2.45, 2.75) is 26.2 Å². The molecule has 0 spiro atoms. The number of hydrogen-bond donors (Lipinski definition) is 0. The van der Waals surface area contributed by atoms with E-state index in [1.54, 1.807) is 0 Å². The maximum absolute atomic E-state index is 4.68. The molecule has 2 heteroatoms. The minimum absolute atomic E-state index is 0.907. The van der Waals surface area contributed by atoms with Crippen molar-refractivity contribution in [1.82, 2.24) is 4.90 Å². The van der Waals surface area contributed by atoms with Gasteiger partial charge in [-0.15, -0.1) is 0 Å². The Morgan fingerprint density at radius 2 is 1.88 bits per heavy atom. The molecule has 0 saturated carbocycles. The van der Waals surface area contributed by atoms with Gasteiger partial charge in [0.2, 0.25) is 0 Å². The van der Waals surface area contributed by atoms with Gasteiger partial charge in [-0.2, -0.15) is 0 Å². The van der Waals surface area contributed by atoms with E-state index in [4.69, 9.17) is 0 Å². The lowest BCUT2D eigenvalue weighted by atomic mass is 9.93. The molecule has 2 aromatic rings. The van der Waals surface area contributed by atoms with E-state index in [-0.39, 0.29) is 0 Å². The van der Waals surface area contributed by atoms with Gasteiger partial charge in [0.05, 0.1) is 0 Å². The van der Waals surface area contributed by atoms with Crippen LogP contribution in [-0.2, 0) is 0 Å². The molecule has 0 saturated heterocycles. The zero-order valence-electron chi connectivity index (χ0n) is 15.6. The highest BCUT2D eigenvalue weighted by Gasteiger charge is 2.15. The van der Waals surface area contributed by atoms with Crippen LogP contribution >= 0.6 is 0 Å². The molecule has 0 atom stereocenters. The molecular formula is C23H28N2. The van der Waals surface area contributed by atoms with Crippen molar-refractivity contribution >= 4 is 22.6 Å². The summed E-state index contributed by atoms with van der Waals surface area (Å²) in [5, 5.41) is 2.58. The van der Waals surface area contributed by atoms with Gasteiger partial charge in [0, 0.05) is 24.9 Å². The van der Waals surface area contributed by atoms with E-state index >= 15 is 0 Å². The van der Waals surface area contributed by atoms with Crippen molar-refractivity contribution in [3.63, 3.8) is 0 Å². The zero-order chi connectivity index (χ0) is 17.6. The summed E-state index contributed by atoms with van der Waals surface area (Å²) in [5.74, 6) is 0. The van der Waals surface area contributed by atoms with Gasteiger partial charge in [0.1, 0.15) is 0 Å². The van der Waals surface area contributed by atoms with Gasteiger partial charge in [0.15, 0.2) is 0 Å². The molecule has 2 nitrogen and oxygen atoms in total. The highest BCUT2D eigenvalue weighted by atomic mass is 15.0. The van der Waals surface area contributed by atoms with Crippen molar-refractivity contribution < 1.29 is 0 Å². The van der Waals surface area contributed by atoms with Crippen molar-refractivity contribution in [3.8, 4) is 0 Å². The zero-order valence-corrected chi connectivity index (χ0v) is 15.6. The van der Waals surface area contributed by atoms with Gasteiger partial charge in [-0.25, -0.2) is 0 Å². The molecule has 2 aromatic carbocycles. The number of unbranched alkanes of at least 4 members (excludes halogenated alkanes) is 1. The quantitative estimate of drug-likeness (QED) is 0.494. The van der Waals surface area contributed by atoms with E-state index in [0.29, 0.717) is 0 Å². The third kappa shape index (κ3) is 4.26. The average molecular weight is 332 g/mol. The van der Waals surface area contributed by atoms with Crippen molar-refractivity contribution in [3.05, 3.63) is 65.3 Å². The summed E-state index contributed by atoms with van der Waals surface area (Å²) in [5.41, 5.74) is 5.44. The largest absolute Gasteiger partial charge is 0.305 e. The van der Waals surface area contributed by atoms with E-state index in [0.717, 1.165) is 25.9 Å². The second-order valence-corrected chi connectivity index (χ2v) is 7.02. The minimum Gasteiger partial charge on any atom is -0.305 e. The monoisotopic (exact) mass is 332 g/mol. The maximum atomic E-state index is 4.68. The number of hydrogen-bond acceptors (Lipinski definition) is 2. The molecular weight excluding hydrogens is 304 g/mol. The molecule has 0 fully saturated rings. The predicted molar refractivity (Wildman–Crippen MR) is 111 cm³/mol. The third-order valence-electron chi connectivity index (χ3n) is 4.63. The molecule has 0 aromatic heterocycles. The molecule has 0 heterocycles. The summed E-state index contributed by atoms with van der Waals surface area (Å²) in [7, 11) is 4.26. The molecule has 0 N–H and O–H groups in total. The Morgan fingerprint density at radius 3 is 2.60 bits per heavy atom. The van der Waals surface area contributed by atoms with Crippen LogP contribution in [0.4, 0.5) is 0 Å². The van der Waals surface area contributed by atoms with Gasteiger partial charge in [0.25, 0.3) is 0 Å². The van der Waals surface area contributed by atoms with Crippen molar-refractivity contribution in [2.24, 2.45) is 4.99 Å². The van der Waals surface area contributed by atoms with E-state index in [1.165, 1.54) is 39.5 Å². The van der Waals surface area contributed by atoms with Gasteiger partial charge in [-0.3, -0.25) is 4.99 Å². The Morgan fingerprint density at radius 1 is 1.12 bits per heavy atom. The number of benzene rings is 2. The molecule has 25 heavy (non-hydrogen) atoms. The lowest BCUT2D eigenvalue weighted by molar-refractivity contribution is 0.450. The van der Waals surface area contributed by atoms with E-state index < -0.39 is 0 Å². The molecule has 3 rings (SSSR count). The summed E-state index contributed by atoms with van der Waals surface area (Å²) in [6.45, 7) is 4.09. The first kappa shape index (κ1) is 17.6. The molecule has 0 unspecified atom stereocenters. The lowest BCUT2D eigenvalue weighted by Gasteiger charge is -2.15. The SMILES string of the molecule is CCCCN=Cc1cc2ccccc2cc1C1=C(CN(C)C)C=CC1. The Hall–Kier alpha value is -2.19. The van der Waals surface area contributed by atoms with Crippen LogP contribution in [0.5, 0.6) is 0 Å². The first-order valence-corrected chi connectivity index (χ1v) is 9.25. The van der Waals surface area contributed by atoms with Gasteiger partial charge < -0.3 is 4.90 Å². The number of rotatable bonds is 7. The normalized spacial score (nSPS) is 14.6. The Kier molecular flexibility index (Phi) is 5.83. The first-order chi connectivity index (χ1) is 12.2. The molecule has 0 bridgehead atoms. The third-order valence-corrected chi connectivity index (χ3v) is 4.63. The van der Waals surface area contributed by atoms with E-state index in [9.17, 15) is 0 Å².